The van der Waals surface area contributed by atoms with E-state index in [0.717, 1.165) is 15.9 Å². The van der Waals surface area contributed by atoms with Crippen LogP contribution in [-0.2, 0) is 6.42 Å². The summed E-state index contributed by atoms with van der Waals surface area (Å²) in [4.78, 5) is 0. The predicted molar refractivity (Wildman–Crippen MR) is 61.1 cm³/mol. The Labute approximate surface area is 92.4 Å². The molecule has 0 spiro atoms. The third-order valence-electron chi connectivity index (χ3n) is 1.99. The first-order valence-corrected chi connectivity index (χ1v) is 5.44. The second-order valence-corrected chi connectivity index (χ2v) is 4.60. The second kappa shape index (κ2) is 4.99. The van der Waals surface area contributed by atoms with Gasteiger partial charge in [-0.1, -0.05) is 40.5 Å². The molecule has 1 rings (SSSR count). The number of rotatable bonds is 3. The molecule has 0 saturated heterocycles. The maximum atomic E-state index is 6.06. The molecule has 0 heterocycles. The molecule has 72 valence electrons. The van der Waals surface area contributed by atoms with Crippen molar-refractivity contribution in [2.75, 3.05) is 6.54 Å². The highest BCUT2D eigenvalue weighted by molar-refractivity contribution is 9.10. The summed E-state index contributed by atoms with van der Waals surface area (Å²) >= 11 is 9.43. The molecular formula is C10H13BrClN. The zero-order valence-corrected chi connectivity index (χ0v) is 9.90. The van der Waals surface area contributed by atoms with Crippen molar-refractivity contribution in [1.82, 2.24) is 0 Å². The Morgan fingerprint density at radius 1 is 1.54 bits per heavy atom. The maximum Gasteiger partial charge on any atom is 0.0449 e. The van der Waals surface area contributed by atoms with Crippen molar-refractivity contribution >= 4 is 27.5 Å². The number of halogens is 2. The molecule has 0 saturated carbocycles. The van der Waals surface area contributed by atoms with Crippen LogP contribution in [-0.4, -0.2) is 6.54 Å². The fraction of sp³-hybridized carbons (Fsp3) is 0.400. The third-order valence-corrected chi connectivity index (χ3v) is 2.83. The molecular weight excluding hydrogens is 249 g/mol. The Morgan fingerprint density at radius 2 is 2.23 bits per heavy atom. The van der Waals surface area contributed by atoms with Gasteiger partial charge >= 0.3 is 0 Å². The van der Waals surface area contributed by atoms with E-state index in [-0.39, 0.29) is 0 Å². The minimum atomic E-state index is 0.485. The summed E-state index contributed by atoms with van der Waals surface area (Å²) in [6.45, 7) is 2.82. The van der Waals surface area contributed by atoms with E-state index in [2.05, 4.69) is 22.9 Å². The Kier molecular flexibility index (Phi) is 4.23. The summed E-state index contributed by atoms with van der Waals surface area (Å²) in [7, 11) is 0. The SMILES string of the molecule is CC(CN)Cc1ccc(Br)cc1Cl. The predicted octanol–water partition coefficient (Wildman–Crippen LogP) is 3.24. The number of hydrogen-bond acceptors (Lipinski definition) is 1. The standard InChI is InChI=1S/C10H13BrClN/c1-7(6-13)4-8-2-3-9(11)5-10(8)12/h2-3,5,7H,4,6,13H2,1H3. The first-order valence-electron chi connectivity index (χ1n) is 4.27. The van der Waals surface area contributed by atoms with Crippen molar-refractivity contribution in [3.8, 4) is 0 Å². The van der Waals surface area contributed by atoms with Crippen molar-refractivity contribution in [3.05, 3.63) is 33.3 Å². The van der Waals surface area contributed by atoms with Gasteiger partial charge in [0, 0.05) is 9.50 Å². The lowest BCUT2D eigenvalue weighted by molar-refractivity contribution is 0.593. The summed E-state index contributed by atoms with van der Waals surface area (Å²) < 4.78 is 1.02. The van der Waals surface area contributed by atoms with Crippen LogP contribution in [0.15, 0.2) is 22.7 Å². The van der Waals surface area contributed by atoms with Gasteiger partial charge < -0.3 is 5.73 Å². The van der Waals surface area contributed by atoms with Crippen molar-refractivity contribution < 1.29 is 0 Å². The summed E-state index contributed by atoms with van der Waals surface area (Å²) in [5, 5.41) is 0.815. The number of hydrogen-bond donors (Lipinski definition) is 1. The summed E-state index contributed by atoms with van der Waals surface area (Å²) in [6.07, 6.45) is 0.947. The van der Waals surface area contributed by atoms with E-state index in [4.69, 9.17) is 17.3 Å². The minimum absolute atomic E-state index is 0.485. The first-order chi connectivity index (χ1) is 6.13. The average Bonchev–Trinajstić information content (AvgIpc) is 2.09. The molecule has 0 amide bonds. The molecule has 1 aromatic rings. The average molecular weight is 263 g/mol. The highest BCUT2D eigenvalue weighted by atomic mass is 79.9. The maximum absolute atomic E-state index is 6.06. The van der Waals surface area contributed by atoms with Gasteiger partial charge in [0.05, 0.1) is 0 Å². The highest BCUT2D eigenvalue weighted by Crippen LogP contribution is 2.23. The van der Waals surface area contributed by atoms with Crippen LogP contribution >= 0.6 is 27.5 Å². The van der Waals surface area contributed by atoms with Crippen LogP contribution in [0, 0.1) is 5.92 Å². The molecule has 0 aliphatic carbocycles. The second-order valence-electron chi connectivity index (χ2n) is 3.28. The van der Waals surface area contributed by atoms with Crippen LogP contribution in [0.3, 0.4) is 0 Å². The van der Waals surface area contributed by atoms with Crippen LogP contribution in [0.4, 0.5) is 0 Å². The largest absolute Gasteiger partial charge is 0.330 e. The van der Waals surface area contributed by atoms with Gasteiger partial charge in [-0.25, -0.2) is 0 Å². The van der Waals surface area contributed by atoms with Crippen LogP contribution in [0.25, 0.3) is 0 Å². The molecule has 0 radical (unpaired) electrons. The van der Waals surface area contributed by atoms with Crippen molar-refractivity contribution in [3.63, 3.8) is 0 Å². The number of benzene rings is 1. The molecule has 2 N–H and O–H groups in total. The van der Waals surface area contributed by atoms with Crippen molar-refractivity contribution in [1.29, 1.82) is 0 Å². The van der Waals surface area contributed by atoms with Gasteiger partial charge in [-0.05, 0) is 36.6 Å². The third kappa shape index (κ3) is 3.29. The molecule has 1 unspecified atom stereocenters. The first kappa shape index (κ1) is 11.0. The number of nitrogens with two attached hydrogens (primary N) is 1. The van der Waals surface area contributed by atoms with E-state index in [9.17, 15) is 0 Å². The van der Waals surface area contributed by atoms with Gasteiger partial charge in [-0.2, -0.15) is 0 Å². The van der Waals surface area contributed by atoms with Crippen LogP contribution in [0.2, 0.25) is 5.02 Å². The Bertz CT molecular complexity index is 288. The van der Waals surface area contributed by atoms with Gasteiger partial charge in [-0.15, -0.1) is 0 Å². The lowest BCUT2D eigenvalue weighted by Crippen LogP contribution is -2.13. The lowest BCUT2D eigenvalue weighted by Gasteiger charge is -2.09. The molecule has 0 aliphatic heterocycles. The van der Waals surface area contributed by atoms with Gasteiger partial charge in [0.1, 0.15) is 0 Å². The van der Waals surface area contributed by atoms with Crippen molar-refractivity contribution in [2.45, 2.75) is 13.3 Å². The molecule has 0 fully saturated rings. The molecule has 0 aliphatic rings. The van der Waals surface area contributed by atoms with Crippen LogP contribution in [0.5, 0.6) is 0 Å². The molecule has 13 heavy (non-hydrogen) atoms. The Morgan fingerprint density at radius 3 is 2.77 bits per heavy atom. The van der Waals surface area contributed by atoms with E-state index in [1.165, 1.54) is 5.56 Å². The Hall–Kier alpha value is -0.0500. The molecule has 1 nitrogen and oxygen atoms in total. The Balaban J connectivity index is 2.77. The molecule has 1 aromatic carbocycles. The molecule has 1 atom stereocenters. The van der Waals surface area contributed by atoms with Gasteiger partial charge in [-0.3, -0.25) is 0 Å². The van der Waals surface area contributed by atoms with Gasteiger partial charge in [0.15, 0.2) is 0 Å². The van der Waals surface area contributed by atoms with E-state index in [0.29, 0.717) is 12.5 Å². The minimum Gasteiger partial charge on any atom is -0.330 e. The van der Waals surface area contributed by atoms with E-state index in [1.54, 1.807) is 0 Å². The summed E-state index contributed by atoms with van der Waals surface area (Å²) in [5.74, 6) is 0.485. The molecule has 3 heteroatoms. The van der Waals surface area contributed by atoms with Crippen LogP contribution in [0.1, 0.15) is 12.5 Å². The van der Waals surface area contributed by atoms with E-state index >= 15 is 0 Å². The smallest absolute Gasteiger partial charge is 0.0449 e. The highest BCUT2D eigenvalue weighted by Gasteiger charge is 2.05. The zero-order chi connectivity index (χ0) is 9.84. The van der Waals surface area contributed by atoms with Crippen molar-refractivity contribution in [2.24, 2.45) is 11.7 Å². The topological polar surface area (TPSA) is 26.0 Å². The fourth-order valence-corrected chi connectivity index (χ4v) is 1.90. The lowest BCUT2D eigenvalue weighted by atomic mass is 10.0. The van der Waals surface area contributed by atoms with E-state index in [1.807, 2.05) is 18.2 Å². The molecule has 0 aromatic heterocycles. The van der Waals surface area contributed by atoms with E-state index < -0.39 is 0 Å². The fourth-order valence-electron chi connectivity index (χ4n) is 1.15. The van der Waals surface area contributed by atoms with Gasteiger partial charge in [0.2, 0.25) is 0 Å². The van der Waals surface area contributed by atoms with Crippen LogP contribution < -0.4 is 5.73 Å². The summed E-state index contributed by atoms with van der Waals surface area (Å²) in [5.41, 5.74) is 6.72. The molecule has 0 bridgehead atoms. The monoisotopic (exact) mass is 261 g/mol. The summed E-state index contributed by atoms with van der Waals surface area (Å²) in [6, 6.07) is 5.96. The quantitative estimate of drug-likeness (QED) is 0.889. The van der Waals surface area contributed by atoms with Gasteiger partial charge in [0.25, 0.3) is 0 Å². The normalized spacial score (nSPS) is 12.9. The zero-order valence-electron chi connectivity index (χ0n) is 7.56.